The Hall–Kier alpha value is -7.44. The molecule has 11 aromatic rings. The van der Waals surface area contributed by atoms with E-state index in [1.54, 1.807) is 0 Å². The van der Waals surface area contributed by atoms with Crippen molar-refractivity contribution < 1.29 is 9.30 Å². The minimum Gasteiger partial charge on any atom is -0.457 e. The van der Waals surface area contributed by atoms with Gasteiger partial charge in [-0.1, -0.05) is 108 Å². The fraction of sp³-hybridized carbons (Fsp3) is 0.158. The molecule has 7 aromatic carbocycles. The molecule has 0 saturated heterocycles. The fourth-order valence-electron chi connectivity index (χ4n) is 9.32. The van der Waals surface area contributed by atoms with E-state index in [4.69, 9.17) is 9.72 Å². The summed E-state index contributed by atoms with van der Waals surface area (Å²) in [4.78, 5) is 4.99. The van der Waals surface area contributed by atoms with Gasteiger partial charge in [0.1, 0.15) is 28.7 Å². The summed E-state index contributed by atoms with van der Waals surface area (Å²) in [5.74, 6) is 2.38. The predicted octanol–water partition coefficient (Wildman–Crippen LogP) is 14.2. The Kier molecular flexibility index (Phi) is 8.74. The van der Waals surface area contributed by atoms with E-state index in [9.17, 15) is 0 Å². The number of nitrogens with zero attached hydrogens (tertiary/aromatic N) is 5. The molecule has 0 N–H and O–H groups in total. The first-order valence-corrected chi connectivity index (χ1v) is 21.9. The van der Waals surface area contributed by atoms with Gasteiger partial charge in [-0.05, 0) is 119 Å². The number of benzene rings is 7. The van der Waals surface area contributed by atoms with Crippen molar-refractivity contribution in [3.8, 4) is 34.4 Å². The molecule has 0 aliphatic rings. The topological polar surface area (TPSA) is 40.8 Å². The van der Waals surface area contributed by atoms with E-state index in [1.807, 2.05) is 12.3 Å². The first kappa shape index (κ1) is 38.5. The Labute approximate surface area is 367 Å². The molecule has 0 aliphatic heterocycles. The lowest BCUT2D eigenvalue weighted by Crippen LogP contribution is -2.30. The van der Waals surface area contributed by atoms with Gasteiger partial charge in [-0.25, -0.2) is 4.98 Å². The lowest BCUT2D eigenvalue weighted by molar-refractivity contribution is -0.568. The standard InChI is InChI=1S/C57H50N5O/c1-37-23-24-38(56(2,3)4)31-53(37)60-36-59(51-21-12-13-22-52(51)60)40-15-14-16-42(33-40)63-43-26-27-46-47-34-41(61-48-19-10-8-17-44(48)45-18-9-11-20-49(45)61)25-28-50(47)62(54(46)35-43)55-32-39(29-30-58-55)57(5,6)7/h8-36H,1-7H3/q+1. The van der Waals surface area contributed by atoms with Crippen molar-refractivity contribution in [3.05, 3.63) is 193 Å². The zero-order valence-corrected chi connectivity index (χ0v) is 36.9. The monoisotopic (exact) mass is 820 g/mol. The molecule has 63 heavy (non-hydrogen) atoms. The van der Waals surface area contributed by atoms with Crippen molar-refractivity contribution in [2.75, 3.05) is 0 Å². The second kappa shape index (κ2) is 14.3. The number of rotatable bonds is 6. The molecule has 0 atom stereocenters. The first-order chi connectivity index (χ1) is 30.4. The van der Waals surface area contributed by atoms with Crippen molar-refractivity contribution in [1.82, 2.24) is 18.7 Å². The maximum Gasteiger partial charge on any atom is 0.255 e. The van der Waals surface area contributed by atoms with E-state index >= 15 is 0 Å². The summed E-state index contributed by atoms with van der Waals surface area (Å²) in [6.45, 7) is 15.7. The Morgan fingerprint density at radius 2 is 1.13 bits per heavy atom. The summed E-state index contributed by atoms with van der Waals surface area (Å²) in [6.07, 6.45) is 4.14. The predicted molar refractivity (Wildman–Crippen MR) is 260 cm³/mol. The highest BCUT2D eigenvalue weighted by Gasteiger charge is 2.24. The first-order valence-electron chi connectivity index (χ1n) is 21.9. The minimum atomic E-state index is -0.0426. The molecule has 0 unspecified atom stereocenters. The second-order valence-electron chi connectivity index (χ2n) is 18.9. The Morgan fingerprint density at radius 1 is 0.476 bits per heavy atom. The Bertz CT molecular complexity index is 3530. The summed E-state index contributed by atoms with van der Waals surface area (Å²) < 4.78 is 16.1. The van der Waals surface area contributed by atoms with Crippen molar-refractivity contribution in [2.24, 2.45) is 0 Å². The van der Waals surface area contributed by atoms with Crippen LogP contribution in [-0.2, 0) is 10.8 Å². The van der Waals surface area contributed by atoms with Crippen LogP contribution in [0.3, 0.4) is 0 Å². The van der Waals surface area contributed by atoms with Crippen LogP contribution in [0.4, 0.5) is 0 Å². The summed E-state index contributed by atoms with van der Waals surface area (Å²) in [7, 11) is 0. The number of hydrogen-bond acceptors (Lipinski definition) is 2. The van der Waals surface area contributed by atoms with Gasteiger partial charge in [0.25, 0.3) is 6.33 Å². The van der Waals surface area contributed by atoms with Gasteiger partial charge in [-0.3, -0.25) is 4.57 Å². The fourth-order valence-corrected chi connectivity index (χ4v) is 9.32. The molecule has 11 rings (SSSR count). The molecule has 0 aliphatic carbocycles. The summed E-state index contributed by atoms with van der Waals surface area (Å²) >= 11 is 0. The molecule has 4 heterocycles. The van der Waals surface area contributed by atoms with Gasteiger partial charge in [0.2, 0.25) is 0 Å². The number of para-hydroxylation sites is 4. The van der Waals surface area contributed by atoms with Gasteiger partial charge >= 0.3 is 0 Å². The Balaban J connectivity index is 1.04. The molecule has 0 fully saturated rings. The molecule has 6 heteroatoms. The average Bonchev–Trinajstić information content (AvgIpc) is 3.94. The number of aromatic nitrogens is 5. The molecule has 308 valence electrons. The summed E-state index contributed by atoms with van der Waals surface area (Å²) in [5.41, 5.74) is 13.8. The van der Waals surface area contributed by atoms with Crippen LogP contribution in [0.1, 0.15) is 58.2 Å². The lowest BCUT2D eigenvalue weighted by Gasteiger charge is -2.20. The van der Waals surface area contributed by atoms with Gasteiger partial charge < -0.3 is 9.30 Å². The quantitative estimate of drug-likeness (QED) is 0.157. The number of pyridine rings is 1. The van der Waals surface area contributed by atoms with Crippen LogP contribution in [0.5, 0.6) is 11.5 Å². The van der Waals surface area contributed by atoms with Crippen molar-refractivity contribution in [3.63, 3.8) is 0 Å². The average molecular weight is 821 g/mol. The van der Waals surface area contributed by atoms with Crippen molar-refractivity contribution >= 4 is 54.6 Å². The third-order valence-corrected chi connectivity index (χ3v) is 12.7. The molecule has 4 aromatic heterocycles. The number of aryl methyl sites for hydroxylation is 1. The van der Waals surface area contributed by atoms with Gasteiger partial charge in [0.05, 0.1) is 22.1 Å². The van der Waals surface area contributed by atoms with Gasteiger partial charge in [-0.15, -0.1) is 0 Å². The lowest BCUT2D eigenvalue weighted by atomic mass is 9.86. The van der Waals surface area contributed by atoms with Crippen molar-refractivity contribution in [2.45, 2.75) is 59.3 Å². The van der Waals surface area contributed by atoms with Crippen molar-refractivity contribution in [1.29, 1.82) is 0 Å². The smallest absolute Gasteiger partial charge is 0.255 e. The van der Waals surface area contributed by atoms with Crippen LogP contribution in [0.2, 0.25) is 0 Å². The van der Waals surface area contributed by atoms with Crippen LogP contribution >= 0.6 is 0 Å². The highest BCUT2D eigenvalue weighted by Crippen LogP contribution is 2.39. The highest BCUT2D eigenvalue weighted by atomic mass is 16.5. The third-order valence-electron chi connectivity index (χ3n) is 12.7. The number of ether oxygens (including phenoxy) is 1. The number of imidazole rings is 1. The molecule has 0 bridgehead atoms. The molecular weight excluding hydrogens is 771 g/mol. The Morgan fingerprint density at radius 3 is 1.87 bits per heavy atom. The number of hydrogen-bond donors (Lipinski definition) is 0. The normalized spacial score (nSPS) is 12.4. The number of fused-ring (bicyclic) bond motifs is 7. The molecule has 6 nitrogen and oxygen atoms in total. The highest BCUT2D eigenvalue weighted by molar-refractivity contribution is 6.12. The van der Waals surface area contributed by atoms with Crippen LogP contribution in [0.25, 0.3) is 77.5 Å². The second-order valence-corrected chi connectivity index (χ2v) is 18.9. The van der Waals surface area contributed by atoms with Crippen LogP contribution < -0.4 is 9.30 Å². The summed E-state index contributed by atoms with van der Waals surface area (Å²) in [5, 5.41) is 4.77. The molecule has 0 amide bonds. The maximum absolute atomic E-state index is 6.81. The SMILES string of the molecule is Cc1ccc(C(C)(C)C)cc1-[n+]1cn(-c2cccc(Oc3ccc4c5cc(-n6c7ccccc7c7ccccc76)ccc5n(-c5cc(C(C)(C)C)ccn5)c4c3)c2)c2ccccc21. The van der Waals surface area contributed by atoms with E-state index < -0.39 is 0 Å². The zero-order chi connectivity index (χ0) is 43.2. The van der Waals surface area contributed by atoms with E-state index in [-0.39, 0.29) is 10.8 Å². The van der Waals surface area contributed by atoms with E-state index in [0.717, 1.165) is 61.5 Å². The van der Waals surface area contributed by atoms with Crippen LogP contribution in [0.15, 0.2) is 176 Å². The van der Waals surface area contributed by atoms with E-state index in [2.05, 4.69) is 231 Å². The van der Waals surface area contributed by atoms with Gasteiger partial charge in [0, 0.05) is 45.6 Å². The zero-order valence-electron chi connectivity index (χ0n) is 36.9. The van der Waals surface area contributed by atoms with Gasteiger partial charge in [0.15, 0.2) is 11.0 Å². The van der Waals surface area contributed by atoms with Crippen LogP contribution in [-0.4, -0.2) is 18.7 Å². The third kappa shape index (κ3) is 6.48. The van der Waals surface area contributed by atoms with Gasteiger partial charge in [-0.2, -0.15) is 9.13 Å². The molecule has 0 radical (unpaired) electrons. The maximum atomic E-state index is 6.81. The summed E-state index contributed by atoms with van der Waals surface area (Å²) in [6, 6.07) is 58.8. The van der Waals surface area contributed by atoms with E-state index in [1.165, 1.54) is 44.2 Å². The molecular formula is C57H50N5O+. The largest absolute Gasteiger partial charge is 0.457 e. The minimum absolute atomic E-state index is 0.0355. The molecule has 0 spiro atoms. The van der Waals surface area contributed by atoms with E-state index in [0.29, 0.717) is 0 Å². The molecule has 0 saturated carbocycles. The van der Waals surface area contributed by atoms with Crippen LogP contribution in [0, 0.1) is 6.92 Å².